The lowest BCUT2D eigenvalue weighted by Crippen LogP contribution is -1.92. The number of anilines is 1. The van der Waals surface area contributed by atoms with E-state index in [-0.39, 0.29) is 0 Å². The molecule has 0 unspecified atom stereocenters. The van der Waals surface area contributed by atoms with Crippen molar-refractivity contribution in [1.29, 1.82) is 0 Å². The van der Waals surface area contributed by atoms with Crippen molar-refractivity contribution in [3.05, 3.63) is 36.0 Å². The van der Waals surface area contributed by atoms with Gasteiger partial charge in [0, 0.05) is 17.3 Å². The summed E-state index contributed by atoms with van der Waals surface area (Å²) < 4.78 is 0. The first kappa shape index (κ1) is 9.00. The average Bonchev–Trinajstić information content (AvgIpc) is 2.18. The molecule has 0 aliphatic rings. The minimum atomic E-state index is 0.492. The lowest BCUT2D eigenvalue weighted by atomic mass is 10.0. The van der Waals surface area contributed by atoms with Crippen LogP contribution in [0.2, 0.25) is 0 Å². The highest BCUT2D eigenvalue weighted by Crippen LogP contribution is 2.23. The van der Waals surface area contributed by atoms with Gasteiger partial charge in [-0.1, -0.05) is 19.9 Å². The minimum Gasteiger partial charge on any atom is -0.398 e. The van der Waals surface area contributed by atoms with Crippen molar-refractivity contribution < 1.29 is 0 Å². The van der Waals surface area contributed by atoms with E-state index in [1.54, 1.807) is 0 Å². The molecule has 0 amide bonds. The summed E-state index contributed by atoms with van der Waals surface area (Å²) in [5.74, 6) is 0.492. The summed E-state index contributed by atoms with van der Waals surface area (Å²) in [4.78, 5) is 4.38. The van der Waals surface area contributed by atoms with Gasteiger partial charge in [-0.3, -0.25) is 4.98 Å². The van der Waals surface area contributed by atoms with Crippen LogP contribution in [0, 0.1) is 0 Å². The molecule has 2 aromatic rings. The van der Waals surface area contributed by atoms with E-state index < -0.39 is 0 Å². The number of benzene rings is 1. The third-order valence-corrected chi connectivity index (χ3v) is 2.45. The largest absolute Gasteiger partial charge is 0.398 e. The standard InChI is InChI=1S/C12H14N2/c1-8(2)9-6-10-11(13)4-3-5-12(10)14-7-9/h3-8H,13H2,1-2H3. The fraction of sp³-hybridized carbons (Fsp3) is 0.250. The maximum atomic E-state index is 5.89. The number of rotatable bonds is 1. The predicted octanol–water partition coefficient (Wildman–Crippen LogP) is 2.94. The zero-order valence-electron chi connectivity index (χ0n) is 8.49. The van der Waals surface area contributed by atoms with E-state index in [0.29, 0.717) is 5.92 Å². The van der Waals surface area contributed by atoms with Gasteiger partial charge in [-0.15, -0.1) is 0 Å². The summed E-state index contributed by atoms with van der Waals surface area (Å²) in [5, 5.41) is 1.05. The normalized spacial score (nSPS) is 11.1. The lowest BCUT2D eigenvalue weighted by Gasteiger charge is -2.07. The summed E-state index contributed by atoms with van der Waals surface area (Å²) in [7, 11) is 0. The Morgan fingerprint density at radius 2 is 2.07 bits per heavy atom. The Morgan fingerprint density at radius 3 is 2.79 bits per heavy atom. The van der Waals surface area contributed by atoms with Crippen molar-refractivity contribution in [2.75, 3.05) is 5.73 Å². The van der Waals surface area contributed by atoms with Crippen molar-refractivity contribution >= 4 is 16.6 Å². The van der Waals surface area contributed by atoms with E-state index in [1.165, 1.54) is 5.56 Å². The molecule has 0 bridgehead atoms. The molecule has 2 rings (SSSR count). The average molecular weight is 186 g/mol. The fourth-order valence-corrected chi connectivity index (χ4v) is 1.50. The Hall–Kier alpha value is -1.57. The van der Waals surface area contributed by atoms with Crippen LogP contribution < -0.4 is 5.73 Å². The van der Waals surface area contributed by atoms with Crippen LogP contribution in [0.25, 0.3) is 10.9 Å². The summed E-state index contributed by atoms with van der Waals surface area (Å²) in [6.07, 6.45) is 1.92. The van der Waals surface area contributed by atoms with Crippen molar-refractivity contribution in [3.8, 4) is 0 Å². The second kappa shape index (κ2) is 3.29. The Labute approximate surface area is 83.8 Å². The number of hydrogen-bond donors (Lipinski definition) is 1. The highest BCUT2D eigenvalue weighted by atomic mass is 14.7. The third kappa shape index (κ3) is 1.43. The first-order chi connectivity index (χ1) is 6.68. The molecule has 14 heavy (non-hydrogen) atoms. The molecule has 0 atom stereocenters. The zero-order valence-corrected chi connectivity index (χ0v) is 8.49. The van der Waals surface area contributed by atoms with E-state index in [9.17, 15) is 0 Å². The number of fused-ring (bicyclic) bond motifs is 1. The van der Waals surface area contributed by atoms with Crippen LogP contribution >= 0.6 is 0 Å². The van der Waals surface area contributed by atoms with Crippen molar-refractivity contribution in [2.24, 2.45) is 0 Å². The highest BCUT2D eigenvalue weighted by Gasteiger charge is 2.03. The van der Waals surface area contributed by atoms with Gasteiger partial charge in [0.05, 0.1) is 5.52 Å². The summed E-state index contributed by atoms with van der Waals surface area (Å²) in [6, 6.07) is 7.95. The van der Waals surface area contributed by atoms with Crippen LogP contribution in [0.15, 0.2) is 30.5 Å². The van der Waals surface area contributed by atoms with Crippen LogP contribution in [0.1, 0.15) is 25.3 Å². The molecule has 2 heteroatoms. The third-order valence-electron chi connectivity index (χ3n) is 2.45. The van der Waals surface area contributed by atoms with Gasteiger partial charge in [-0.05, 0) is 29.7 Å². The molecule has 72 valence electrons. The van der Waals surface area contributed by atoms with Gasteiger partial charge in [0.2, 0.25) is 0 Å². The van der Waals surface area contributed by atoms with Gasteiger partial charge in [0.15, 0.2) is 0 Å². The molecular weight excluding hydrogens is 172 g/mol. The van der Waals surface area contributed by atoms with Crippen molar-refractivity contribution in [2.45, 2.75) is 19.8 Å². The van der Waals surface area contributed by atoms with E-state index in [1.807, 2.05) is 24.4 Å². The van der Waals surface area contributed by atoms with Crippen LogP contribution in [0.5, 0.6) is 0 Å². The molecule has 2 nitrogen and oxygen atoms in total. The SMILES string of the molecule is CC(C)c1cnc2cccc(N)c2c1. The molecule has 0 aliphatic heterocycles. The molecule has 1 heterocycles. The van der Waals surface area contributed by atoms with Crippen molar-refractivity contribution in [1.82, 2.24) is 4.98 Å². The van der Waals surface area contributed by atoms with Gasteiger partial charge in [0.25, 0.3) is 0 Å². The predicted molar refractivity (Wildman–Crippen MR) is 60.2 cm³/mol. The summed E-state index contributed by atoms with van der Waals surface area (Å²) in [5.41, 5.74) is 8.89. The van der Waals surface area contributed by atoms with Crippen LogP contribution in [0.3, 0.4) is 0 Å². The van der Waals surface area contributed by atoms with E-state index in [2.05, 4.69) is 24.9 Å². The summed E-state index contributed by atoms with van der Waals surface area (Å²) in [6.45, 7) is 4.31. The van der Waals surface area contributed by atoms with Gasteiger partial charge in [0.1, 0.15) is 0 Å². The molecular formula is C12H14N2. The number of nitrogens with zero attached hydrogens (tertiary/aromatic N) is 1. The van der Waals surface area contributed by atoms with Gasteiger partial charge < -0.3 is 5.73 Å². The highest BCUT2D eigenvalue weighted by molar-refractivity contribution is 5.90. The first-order valence-electron chi connectivity index (χ1n) is 4.82. The molecule has 0 aliphatic carbocycles. The number of aromatic nitrogens is 1. The lowest BCUT2D eigenvalue weighted by molar-refractivity contribution is 0.862. The topological polar surface area (TPSA) is 38.9 Å². The maximum Gasteiger partial charge on any atom is 0.0722 e. The second-order valence-electron chi connectivity index (χ2n) is 3.84. The quantitative estimate of drug-likeness (QED) is 0.695. The van der Waals surface area contributed by atoms with E-state index in [4.69, 9.17) is 5.73 Å². The minimum absolute atomic E-state index is 0.492. The molecule has 0 spiro atoms. The monoisotopic (exact) mass is 186 g/mol. The van der Waals surface area contributed by atoms with Gasteiger partial charge in [-0.25, -0.2) is 0 Å². The Balaban J connectivity index is 2.70. The number of nitrogen functional groups attached to an aromatic ring is 1. The summed E-state index contributed by atoms with van der Waals surface area (Å²) >= 11 is 0. The maximum absolute atomic E-state index is 5.89. The molecule has 2 N–H and O–H groups in total. The van der Waals surface area contributed by atoms with E-state index in [0.717, 1.165) is 16.6 Å². The Kier molecular flexibility index (Phi) is 2.12. The Bertz CT molecular complexity index is 461. The van der Waals surface area contributed by atoms with E-state index >= 15 is 0 Å². The Morgan fingerprint density at radius 1 is 1.29 bits per heavy atom. The molecule has 0 saturated carbocycles. The molecule has 0 saturated heterocycles. The van der Waals surface area contributed by atoms with Crippen LogP contribution in [0.4, 0.5) is 5.69 Å². The zero-order chi connectivity index (χ0) is 10.1. The molecule has 1 aromatic carbocycles. The number of nitrogens with two attached hydrogens (primary N) is 1. The first-order valence-corrected chi connectivity index (χ1v) is 4.82. The van der Waals surface area contributed by atoms with Crippen LogP contribution in [-0.2, 0) is 0 Å². The number of hydrogen-bond acceptors (Lipinski definition) is 2. The molecule has 0 fully saturated rings. The second-order valence-corrected chi connectivity index (χ2v) is 3.84. The smallest absolute Gasteiger partial charge is 0.0722 e. The van der Waals surface area contributed by atoms with Gasteiger partial charge >= 0.3 is 0 Å². The van der Waals surface area contributed by atoms with Crippen LogP contribution in [-0.4, -0.2) is 4.98 Å². The molecule has 0 radical (unpaired) electrons. The number of pyridine rings is 1. The van der Waals surface area contributed by atoms with Gasteiger partial charge in [-0.2, -0.15) is 0 Å². The molecule has 1 aromatic heterocycles. The van der Waals surface area contributed by atoms with Crippen molar-refractivity contribution in [3.63, 3.8) is 0 Å². The fourth-order valence-electron chi connectivity index (χ4n) is 1.50.